The summed E-state index contributed by atoms with van der Waals surface area (Å²) in [5.74, 6) is 0.843. The number of benzene rings is 1. The molecule has 0 aliphatic rings. The molecule has 0 amide bonds. The van der Waals surface area contributed by atoms with Gasteiger partial charge in [0, 0.05) is 29.7 Å². The van der Waals surface area contributed by atoms with Crippen molar-refractivity contribution in [1.29, 1.82) is 5.41 Å². The number of rotatable bonds is 7. The quantitative estimate of drug-likeness (QED) is 0.550. The zero-order valence-electron chi connectivity index (χ0n) is 14.8. The monoisotopic (exact) mass is 371 g/mol. The molecular weight excluding hydrogens is 350 g/mol. The molecule has 0 spiro atoms. The van der Waals surface area contributed by atoms with Gasteiger partial charge in [0.05, 0.1) is 12.0 Å². The molecule has 3 rings (SSSR count). The summed E-state index contributed by atoms with van der Waals surface area (Å²) in [7, 11) is 0. The number of nitrogens with one attached hydrogen (secondary N) is 2. The number of aromatic nitrogens is 4. The molecule has 4 N–H and O–H groups in total. The SMILES string of the molecule is CC[C@H](CN)C(=N)c1nc(Nc2cccc(Cl)c2)c2ncn(CC)c2n1. The highest BCUT2D eigenvalue weighted by Gasteiger charge is 2.20. The first kappa shape index (κ1) is 18.3. The second-order valence-electron chi connectivity index (χ2n) is 5.99. The number of imidazole rings is 1. The summed E-state index contributed by atoms with van der Waals surface area (Å²) in [5.41, 5.74) is 8.29. The molecule has 7 nitrogen and oxygen atoms in total. The van der Waals surface area contributed by atoms with Crippen molar-refractivity contribution in [1.82, 2.24) is 19.5 Å². The molecule has 2 aromatic heterocycles. The number of aryl methyl sites for hydroxylation is 1. The average Bonchev–Trinajstić information content (AvgIpc) is 3.06. The van der Waals surface area contributed by atoms with E-state index < -0.39 is 0 Å². The number of nitrogens with two attached hydrogens (primary N) is 1. The first-order valence-electron chi connectivity index (χ1n) is 8.61. The molecule has 0 saturated heterocycles. The predicted molar refractivity (Wildman–Crippen MR) is 105 cm³/mol. The van der Waals surface area contributed by atoms with Crippen molar-refractivity contribution >= 4 is 40.0 Å². The molecule has 1 atom stereocenters. The van der Waals surface area contributed by atoms with Crippen LogP contribution in [-0.2, 0) is 6.54 Å². The zero-order valence-corrected chi connectivity index (χ0v) is 15.6. The first-order valence-corrected chi connectivity index (χ1v) is 8.99. The minimum absolute atomic E-state index is 0.0792. The van der Waals surface area contributed by atoms with E-state index in [4.69, 9.17) is 22.7 Å². The summed E-state index contributed by atoms with van der Waals surface area (Å²) in [5, 5.41) is 12.4. The van der Waals surface area contributed by atoms with Gasteiger partial charge in [-0.05, 0) is 31.5 Å². The Hall–Kier alpha value is -2.51. The van der Waals surface area contributed by atoms with Crippen LogP contribution < -0.4 is 11.1 Å². The van der Waals surface area contributed by atoms with E-state index in [9.17, 15) is 0 Å². The van der Waals surface area contributed by atoms with Crippen molar-refractivity contribution in [3.8, 4) is 0 Å². The number of halogens is 1. The van der Waals surface area contributed by atoms with Gasteiger partial charge < -0.3 is 21.0 Å². The second kappa shape index (κ2) is 7.80. The number of hydrogen-bond donors (Lipinski definition) is 3. The Morgan fingerprint density at radius 2 is 2.15 bits per heavy atom. The lowest BCUT2D eigenvalue weighted by molar-refractivity contribution is 0.670. The molecule has 8 heteroatoms. The lowest BCUT2D eigenvalue weighted by Gasteiger charge is -2.14. The fraction of sp³-hybridized carbons (Fsp3) is 0.333. The van der Waals surface area contributed by atoms with E-state index in [0.29, 0.717) is 40.1 Å². The van der Waals surface area contributed by atoms with Crippen molar-refractivity contribution < 1.29 is 0 Å². The first-order chi connectivity index (χ1) is 12.6. The third-order valence-corrected chi connectivity index (χ3v) is 4.55. The van der Waals surface area contributed by atoms with E-state index in [1.54, 1.807) is 6.33 Å². The summed E-state index contributed by atoms with van der Waals surface area (Å²) < 4.78 is 1.93. The number of fused-ring (bicyclic) bond motifs is 1. The van der Waals surface area contributed by atoms with Gasteiger partial charge in [0.25, 0.3) is 0 Å². The number of hydrogen-bond acceptors (Lipinski definition) is 6. The van der Waals surface area contributed by atoms with E-state index in [1.165, 1.54) is 0 Å². The molecule has 1 aromatic carbocycles. The molecule has 0 aliphatic carbocycles. The Labute approximate surface area is 157 Å². The lowest BCUT2D eigenvalue weighted by Crippen LogP contribution is -2.25. The molecule has 0 unspecified atom stereocenters. The van der Waals surface area contributed by atoms with Crippen molar-refractivity contribution in [2.45, 2.75) is 26.8 Å². The van der Waals surface area contributed by atoms with Crippen molar-refractivity contribution in [3.05, 3.63) is 41.4 Å². The summed E-state index contributed by atoms with van der Waals surface area (Å²) in [6.07, 6.45) is 2.50. The summed E-state index contributed by atoms with van der Waals surface area (Å²) in [4.78, 5) is 13.6. The van der Waals surface area contributed by atoms with Gasteiger partial charge in [-0.15, -0.1) is 0 Å². The van der Waals surface area contributed by atoms with Crippen LogP contribution in [-0.4, -0.2) is 31.8 Å². The lowest BCUT2D eigenvalue weighted by atomic mass is 10.00. The van der Waals surface area contributed by atoms with Crippen LogP contribution in [0.5, 0.6) is 0 Å². The largest absolute Gasteiger partial charge is 0.338 e. The Bertz CT molecular complexity index is 930. The van der Waals surface area contributed by atoms with E-state index in [0.717, 1.165) is 18.7 Å². The summed E-state index contributed by atoms with van der Waals surface area (Å²) in [6, 6.07) is 7.38. The fourth-order valence-electron chi connectivity index (χ4n) is 2.76. The zero-order chi connectivity index (χ0) is 18.7. The number of nitrogens with zero attached hydrogens (tertiary/aromatic N) is 4. The molecule has 0 radical (unpaired) electrons. The molecule has 0 bridgehead atoms. The third-order valence-electron chi connectivity index (χ3n) is 4.32. The van der Waals surface area contributed by atoms with Gasteiger partial charge in [0.1, 0.15) is 0 Å². The second-order valence-corrected chi connectivity index (χ2v) is 6.42. The van der Waals surface area contributed by atoms with E-state index >= 15 is 0 Å². The summed E-state index contributed by atoms with van der Waals surface area (Å²) >= 11 is 6.08. The van der Waals surface area contributed by atoms with Crippen LogP contribution >= 0.6 is 11.6 Å². The standard InChI is InChI=1S/C18H22ClN7/c1-3-11(9-20)14(21)16-24-17(23-13-7-5-6-12(19)8-13)15-18(25-16)26(4-2)10-22-15/h5-8,10-11,21H,3-4,9,20H2,1-2H3,(H,23,24,25)/t11-/m1/s1. The third kappa shape index (κ3) is 3.54. The highest BCUT2D eigenvalue weighted by Crippen LogP contribution is 2.25. The van der Waals surface area contributed by atoms with Gasteiger partial charge in [-0.25, -0.2) is 15.0 Å². The molecule has 136 valence electrons. The molecule has 2 heterocycles. The highest BCUT2D eigenvalue weighted by molar-refractivity contribution is 6.30. The van der Waals surface area contributed by atoms with Gasteiger partial charge in [-0.2, -0.15) is 0 Å². The fourth-order valence-corrected chi connectivity index (χ4v) is 2.95. The van der Waals surface area contributed by atoms with Crippen LogP contribution in [0.4, 0.5) is 11.5 Å². The van der Waals surface area contributed by atoms with Crippen LogP contribution in [0.2, 0.25) is 5.02 Å². The van der Waals surface area contributed by atoms with Crippen LogP contribution in [0.1, 0.15) is 26.1 Å². The maximum absolute atomic E-state index is 8.47. The van der Waals surface area contributed by atoms with Crippen molar-refractivity contribution in [3.63, 3.8) is 0 Å². The maximum atomic E-state index is 8.47. The van der Waals surface area contributed by atoms with Gasteiger partial charge in [0.15, 0.2) is 22.8 Å². The minimum atomic E-state index is -0.0792. The molecule has 0 saturated carbocycles. The van der Waals surface area contributed by atoms with E-state index in [-0.39, 0.29) is 5.92 Å². The molecular formula is C18H22ClN7. The number of anilines is 2. The average molecular weight is 372 g/mol. The van der Waals surface area contributed by atoms with Crippen LogP contribution in [0, 0.1) is 11.3 Å². The Morgan fingerprint density at radius 1 is 1.35 bits per heavy atom. The highest BCUT2D eigenvalue weighted by atomic mass is 35.5. The smallest absolute Gasteiger partial charge is 0.177 e. The van der Waals surface area contributed by atoms with Crippen molar-refractivity contribution in [2.24, 2.45) is 11.7 Å². The van der Waals surface area contributed by atoms with Gasteiger partial charge in [-0.1, -0.05) is 24.6 Å². The van der Waals surface area contributed by atoms with E-state index in [1.807, 2.05) is 42.7 Å². The molecule has 3 aromatic rings. The Kier molecular flexibility index (Phi) is 5.49. The van der Waals surface area contributed by atoms with Gasteiger partial charge in [0.2, 0.25) is 0 Å². The normalized spacial score (nSPS) is 12.3. The molecule has 0 fully saturated rings. The summed E-state index contributed by atoms with van der Waals surface area (Å²) in [6.45, 7) is 5.14. The topological polar surface area (TPSA) is 106 Å². The van der Waals surface area contributed by atoms with Gasteiger partial charge in [-0.3, -0.25) is 0 Å². The molecule has 0 aliphatic heterocycles. The maximum Gasteiger partial charge on any atom is 0.177 e. The van der Waals surface area contributed by atoms with Gasteiger partial charge >= 0.3 is 0 Å². The Balaban J connectivity index is 2.11. The Morgan fingerprint density at radius 3 is 2.81 bits per heavy atom. The van der Waals surface area contributed by atoms with Crippen LogP contribution in [0.3, 0.4) is 0 Å². The van der Waals surface area contributed by atoms with Crippen molar-refractivity contribution in [2.75, 3.05) is 11.9 Å². The van der Waals surface area contributed by atoms with E-state index in [2.05, 4.69) is 20.3 Å². The van der Waals surface area contributed by atoms with Crippen LogP contribution in [0.15, 0.2) is 30.6 Å². The predicted octanol–water partition coefficient (Wildman–Crippen LogP) is 3.60. The molecule has 26 heavy (non-hydrogen) atoms. The minimum Gasteiger partial charge on any atom is -0.338 e. The van der Waals surface area contributed by atoms with Crippen LogP contribution in [0.25, 0.3) is 11.2 Å².